The lowest BCUT2D eigenvalue weighted by Crippen LogP contribution is -2.02. The van der Waals surface area contributed by atoms with Gasteiger partial charge in [-0.2, -0.15) is 13.2 Å². The third-order valence-corrected chi connectivity index (χ3v) is 5.18. The average Bonchev–Trinajstić information content (AvgIpc) is 2.73. The number of rotatable bonds is 2. The summed E-state index contributed by atoms with van der Waals surface area (Å²) >= 11 is 0. The summed E-state index contributed by atoms with van der Waals surface area (Å²) in [4.78, 5) is 4.49. The first-order valence-corrected chi connectivity index (χ1v) is 9.45. The smallest absolute Gasteiger partial charge is 0.256 e. The molecule has 0 amide bonds. The van der Waals surface area contributed by atoms with Crippen LogP contribution in [0.5, 0.6) is 0 Å². The van der Waals surface area contributed by atoms with Crippen LogP contribution < -0.4 is 0 Å². The maximum Gasteiger partial charge on any atom is 0.458 e. The fourth-order valence-electron chi connectivity index (χ4n) is 3.65. The fraction of sp³-hybridized carbons (Fsp3) is 0.208. The molecule has 0 radical (unpaired) electrons. The predicted octanol–water partition coefficient (Wildman–Crippen LogP) is 6.92. The van der Waals surface area contributed by atoms with Crippen LogP contribution in [0.4, 0.5) is 22.0 Å². The normalized spacial score (nSPS) is 16.4. The zero-order valence-corrected chi connectivity index (χ0v) is 15.7. The topological polar surface area (TPSA) is 12.9 Å². The van der Waals surface area contributed by atoms with Crippen molar-refractivity contribution in [1.82, 2.24) is 4.98 Å². The number of hydrogen-bond donors (Lipinski definition) is 0. The van der Waals surface area contributed by atoms with Gasteiger partial charge in [0.1, 0.15) is 11.6 Å². The molecule has 0 saturated carbocycles. The van der Waals surface area contributed by atoms with E-state index < -0.39 is 23.4 Å². The second-order valence-corrected chi connectivity index (χ2v) is 7.19. The molecule has 4 rings (SSSR count). The molecule has 1 aromatic heterocycles. The van der Waals surface area contributed by atoms with Crippen molar-refractivity contribution in [3.8, 4) is 23.1 Å². The summed E-state index contributed by atoms with van der Waals surface area (Å²) < 4.78 is 65.6. The highest BCUT2D eigenvalue weighted by atomic mass is 19.4. The number of aromatic nitrogens is 1. The number of halogens is 5. The van der Waals surface area contributed by atoms with E-state index in [4.69, 9.17) is 0 Å². The Balaban J connectivity index is 1.68. The lowest BCUT2D eigenvalue weighted by molar-refractivity contribution is -0.0696. The zero-order chi connectivity index (χ0) is 21.3. The first kappa shape index (κ1) is 20.1. The Bertz CT molecular complexity index is 1180. The standard InChI is InChI=1S/C24H16F5N/c25-21-13-18-12-16(6-8-19(18)23(26)20(21)10-11-24(27,28)29)22-9-7-17(14-30-22)15-4-2-1-3-5-15/h1-2,6-9,12-15H,3-5H2. The van der Waals surface area contributed by atoms with E-state index in [9.17, 15) is 22.0 Å². The molecule has 1 aliphatic rings. The quantitative estimate of drug-likeness (QED) is 0.253. The molecule has 6 heteroatoms. The minimum Gasteiger partial charge on any atom is -0.256 e. The van der Waals surface area contributed by atoms with Crippen LogP contribution in [0.2, 0.25) is 0 Å². The average molecular weight is 413 g/mol. The van der Waals surface area contributed by atoms with E-state index in [0.717, 1.165) is 36.8 Å². The van der Waals surface area contributed by atoms with Crippen LogP contribution in [0, 0.1) is 23.5 Å². The molecule has 0 saturated heterocycles. The van der Waals surface area contributed by atoms with Crippen LogP contribution in [0.1, 0.15) is 36.3 Å². The number of hydrogen-bond acceptors (Lipinski definition) is 1. The van der Waals surface area contributed by atoms with Gasteiger partial charge < -0.3 is 0 Å². The Morgan fingerprint density at radius 2 is 1.83 bits per heavy atom. The summed E-state index contributed by atoms with van der Waals surface area (Å²) in [6.07, 6.45) is 4.43. The zero-order valence-electron chi connectivity index (χ0n) is 15.7. The van der Waals surface area contributed by atoms with Crippen molar-refractivity contribution in [2.24, 2.45) is 0 Å². The molecule has 152 valence electrons. The highest BCUT2D eigenvalue weighted by molar-refractivity contribution is 5.88. The Morgan fingerprint density at radius 3 is 2.50 bits per heavy atom. The molecule has 1 atom stereocenters. The third kappa shape index (κ3) is 4.20. The number of allylic oxidation sites excluding steroid dienone is 2. The fourth-order valence-corrected chi connectivity index (χ4v) is 3.65. The van der Waals surface area contributed by atoms with E-state index in [2.05, 4.69) is 17.1 Å². The van der Waals surface area contributed by atoms with E-state index in [1.54, 1.807) is 18.1 Å². The van der Waals surface area contributed by atoms with Crippen molar-refractivity contribution in [3.63, 3.8) is 0 Å². The van der Waals surface area contributed by atoms with Gasteiger partial charge >= 0.3 is 6.18 Å². The maximum absolute atomic E-state index is 14.6. The van der Waals surface area contributed by atoms with Gasteiger partial charge in [-0.15, -0.1) is 0 Å². The van der Waals surface area contributed by atoms with Gasteiger partial charge in [-0.1, -0.05) is 36.3 Å². The minimum atomic E-state index is -4.83. The molecule has 2 aromatic carbocycles. The highest BCUT2D eigenvalue weighted by Gasteiger charge is 2.24. The van der Waals surface area contributed by atoms with E-state index >= 15 is 0 Å². The maximum atomic E-state index is 14.6. The monoisotopic (exact) mass is 413 g/mol. The molecule has 0 spiro atoms. The second kappa shape index (κ2) is 7.91. The summed E-state index contributed by atoms with van der Waals surface area (Å²) in [5.74, 6) is 0.656. The Labute approximate surface area is 170 Å². The molecule has 1 heterocycles. The summed E-state index contributed by atoms with van der Waals surface area (Å²) in [7, 11) is 0. The third-order valence-electron chi connectivity index (χ3n) is 5.18. The van der Waals surface area contributed by atoms with Crippen LogP contribution in [0.25, 0.3) is 22.0 Å². The number of pyridine rings is 1. The van der Waals surface area contributed by atoms with Crippen LogP contribution in [-0.2, 0) is 0 Å². The summed E-state index contributed by atoms with van der Waals surface area (Å²) in [6, 6.07) is 9.44. The lowest BCUT2D eigenvalue weighted by atomic mass is 9.88. The molecule has 1 nitrogen and oxygen atoms in total. The molecule has 1 unspecified atom stereocenters. The predicted molar refractivity (Wildman–Crippen MR) is 106 cm³/mol. The molecule has 0 aliphatic heterocycles. The number of nitrogens with zero attached hydrogens (tertiary/aromatic N) is 1. The van der Waals surface area contributed by atoms with Crippen molar-refractivity contribution in [1.29, 1.82) is 0 Å². The molecule has 30 heavy (non-hydrogen) atoms. The van der Waals surface area contributed by atoms with Crippen molar-refractivity contribution >= 4 is 10.8 Å². The minimum absolute atomic E-state index is 0.00256. The lowest BCUT2D eigenvalue weighted by Gasteiger charge is -2.18. The molecule has 3 aromatic rings. The Kier molecular flexibility index (Phi) is 5.29. The highest BCUT2D eigenvalue weighted by Crippen LogP contribution is 2.31. The Morgan fingerprint density at radius 1 is 1.00 bits per heavy atom. The molecular formula is C24H16F5N. The van der Waals surface area contributed by atoms with Gasteiger partial charge in [0, 0.05) is 23.1 Å². The second-order valence-electron chi connectivity index (χ2n) is 7.19. The molecule has 0 fully saturated rings. The SMILES string of the molecule is Fc1cc2cc(-c3ccc(C4CC=CCC4)cn3)ccc2c(F)c1C#CC(F)(F)F. The van der Waals surface area contributed by atoms with Crippen molar-refractivity contribution in [2.45, 2.75) is 31.4 Å². The summed E-state index contributed by atoms with van der Waals surface area (Å²) in [6.45, 7) is 0. The van der Waals surface area contributed by atoms with Gasteiger partial charge in [0.15, 0.2) is 0 Å². The summed E-state index contributed by atoms with van der Waals surface area (Å²) in [5, 5.41) is 0.223. The number of benzene rings is 2. The van der Waals surface area contributed by atoms with E-state index in [1.165, 1.54) is 6.07 Å². The van der Waals surface area contributed by atoms with Crippen LogP contribution in [0.15, 0.2) is 54.7 Å². The number of fused-ring (bicyclic) bond motifs is 1. The van der Waals surface area contributed by atoms with E-state index in [-0.39, 0.29) is 10.8 Å². The summed E-state index contributed by atoms with van der Waals surface area (Å²) in [5.41, 5.74) is 1.56. The van der Waals surface area contributed by atoms with Crippen LogP contribution >= 0.6 is 0 Å². The molecule has 0 N–H and O–H groups in total. The molecule has 1 aliphatic carbocycles. The van der Waals surface area contributed by atoms with Crippen molar-refractivity contribution in [3.05, 3.63) is 77.5 Å². The van der Waals surface area contributed by atoms with Crippen molar-refractivity contribution < 1.29 is 22.0 Å². The molecular weight excluding hydrogens is 397 g/mol. The van der Waals surface area contributed by atoms with Crippen LogP contribution in [0.3, 0.4) is 0 Å². The van der Waals surface area contributed by atoms with Gasteiger partial charge in [-0.3, -0.25) is 4.98 Å². The van der Waals surface area contributed by atoms with Gasteiger partial charge in [-0.05, 0) is 54.3 Å². The largest absolute Gasteiger partial charge is 0.458 e. The van der Waals surface area contributed by atoms with Gasteiger partial charge in [0.2, 0.25) is 0 Å². The Hall–Kier alpha value is -3.20. The van der Waals surface area contributed by atoms with E-state index in [0.29, 0.717) is 17.2 Å². The van der Waals surface area contributed by atoms with E-state index in [1.807, 2.05) is 18.3 Å². The number of alkyl halides is 3. The molecule has 0 bridgehead atoms. The first-order chi connectivity index (χ1) is 14.3. The van der Waals surface area contributed by atoms with Crippen LogP contribution in [-0.4, -0.2) is 11.2 Å². The van der Waals surface area contributed by atoms with Gasteiger partial charge in [0.25, 0.3) is 0 Å². The van der Waals surface area contributed by atoms with Gasteiger partial charge in [-0.25, -0.2) is 8.78 Å². The van der Waals surface area contributed by atoms with Crippen molar-refractivity contribution in [2.75, 3.05) is 0 Å². The first-order valence-electron chi connectivity index (χ1n) is 9.45. The van der Waals surface area contributed by atoms with Gasteiger partial charge in [0.05, 0.1) is 11.3 Å².